The van der Waals surface area contributed by atoms with Gasteiger partial charge >= 0.3 is 0 Å². The molecule has 1 aromatic rings. The Morgan fingerprint density at radius 2 is 2.00 bits per heavy atom. The Balaban J connectivity index is 0.00000200. The SMILES string of the molecule is CNCC(=O)N1CCN(Cc2cccc(Cl)c2)CC1.Cl. The number of piperazine rings is 1. The summed E-state index contributed by atoms with van der Waals surface area (Å²) in [6.45, 7) is 4.77. The number of hydrogen-bond donors (Lipinski definition) is 1. The molecule has 1 amide bonds. The van der Waals surface area contributed by atoms with Gasteiger partial charge in [0.05, 0.1) is 6.54 Å². The van der Waals surface area contributed by atoms with E-state index in [0.29, 0.717) is 6.54 Å². The van der Waals surface area contributed by atoms with Crippen LogP contribution in [0.3, 0.4) is 0 Å². The first-order chi connectivity index (χ1) is 9.19. The van der Waals surface area contributed by atoms with Gasteiger partial charge in [-0.05, 0) is 24.7 Å². The molecule has 1 saturated heterocycles. The highest BCUT2D eigenvalue weighted by Crippen LogP contribution is 2.13. The van der Waals surface area contributed by atoms with E-state index in [9.17, 15) is 4.79 Å². The second kappa shape index (κ2) is 8.47. The van der Waals surface area contributed by atoms with E-state index < -0.39 is 0 Å². The van der Waals surface area contributed by atoms with Crippen LogP contribution in [0.5, 0.6) is 0 Å². The molecule has 1 fully saturated rings. The average molecular weight is 318 g/mol. The summed E-state index contributed by atoms with van der Waals surface area (Å²) >= 11 is 5.98. The number of halogens is 2. The van der Waals surface area contributed by atoms with Crippen LogP contribution in [0.15, 0.2) is 24.3 Å². The fraction of sp³-hybridized carbons (Fsp3) is 0.500. The third-order valence-corrected chi connectivity index (χ3v) is 3.58. The van der Waals surface area contributed by atoms with Crippen molar-refractivity contribution in [3.8, 4) is 0 Å². The monoisotopic (exact) mass is 317 g/mol. The molecule has 112 valence electrons. The topological polar surface area (TPSA) is 35.6 Å². The van der Waals surface area contributed by atoms with Crippen molar-refractivity contribution in [2.75, 3.05) is 39.8 Å². The van der Waals surface area contributed by atoms with Crippen LogP contribution in [-0.4, -0.2) is 55.5 Å². The van der Waals surface area contributed by atoms with Gasteiger partial charge in [-0.1, -0.05) is 23.7 Å². The summed E-state index contributed by atoms with van der Waals surface area (Å²) in [6.07, 6.45) is 0. The molecule has 4 nitrogen and oxygen atoms in total. The van der Waals surface area contributed by atoms with Crippen molar-refractivity contribution in [2.24, 2.45) is 0 Å². The molecule has 0 aromatic heterocycles. The molecule has 0 saturated carbocycles. The molecule has 1 N–H and O–H groups in total. The molecule has 6 heteroatoms. The molecule has 20 heavy (non-hydrogen) atoms. The van der Waals surface area contributed by atoms with Crippen molar-refractivity contribution < 1.29 is 4.79 Å². The molecular formula is C14H21Cl2N3O. The molecule has 0 aliphatic carbocycles. The third-order valence-electron chi connectivity index (χ3n) is 3.35. The van der Waals surface area contributed by atoms with E-state index in [0.717, 1.165) is 37.7 Å². The minimum absolute atomic E-state index is 0. The van der Waals surface area contributed by atoms with E-state index in [2.05, 4.69) is 16.3 Å². The van der Waals surface area contributed by atoms with E-state index in [-0.39, 0.29) is 18.3 Å². The van der Waals surface area contributed by atoms with Crippen LogP contribution in [0.4, 0.5) is 0 Å². The van der Waals surface area contributed by atoms with Crippen molar-refractivity contribution in [1.29, 1.82) is 0 Å². The van der Waals surface area contributed by atoms with Gasteiger partial charge in [-0.15, -0.1) is 12.4 Å². The maximum atomic E-state index is 11.7. The van der Waals surface area contributed by atoms with E-state index in [1.165, 1.54) is 5.56 Å². The van der Waals surface area contributed by atoms with Gasteiger partial charge in [-0.2, -0.15) is 0 Å². The summed E-state index contributed by atoms with van der Waals surface area (Å²) < 4.78 is 0. The summed E-state index contributed by atoms with van der Waals surface area (Å²) in [5, 5.41) is 3.68. The second-order valence-corrected chi connectivity index (χ2v) is 5.25. The van der Waals surface area contributed by atoms with Crippen LogP contribution in [0.25, 0.3) is 0 Å². The number of benzene rings is 1. The predicted octanol–water partition coefficient (Wildman–Crippen LogP) is 1.63. The van der Waals surface area contributed by atoms with Crippen LogP contribution < -0.4 is 5.32 Å². The Hall–Kier alpha value is -0.810. The average Bonchev–Trinajstić information content (AvgIpc) is 2.40. The van der Waals surface area contributed by atoms with Crippen LogP contribution in [0.2, 0.25) is 5.02 Å². The Morgan fingerprint density at radius 3 is 2.60 bits per heavy atom. The van der Waals surface area contributed by atoms with Gasteiger partial charge in [-0.3, -0.25) is 9.69 Å². The van der Waals surface area contributed by atoms with E-state index in [1.807, 2.05) is 23.1 Å². The normalized spacial score (nSPS) is 15.8. The number of nitrogens with zero attached hydrogens (tertiary/aromatic N) is 2. The fourth-order valence-electron chi connectivity index (χ4n) is 2.31. The molecule has 1 aliphatic heterocycles. The molecule has 0 spiro atoms. The Morgan fingerprint density at radius 1 is 1.30 bits per heavy atom. The second-order valence-electron chi connectivity index (χ2n) is 4.82. The summed E-state index contributed by atoms with van der Waals surface area (Å²) in [7, 11) is 1.80. The third kappa shape index (κ3) is 4.94. The zero-order valence-corrected chi connectivity index (χ0v) is 13.2. The van der Waals surface area contributed by atoms with Gasteiger partial charge in [0, 0.05) is 37.7 Å². The first kappa shape index (κ1) is 17.2. The molecule has 2 rings (SSSR count). The zero-order valence-electron chi connectivity index (χ0n) is 11.6. The van der Waals surface area contributed by atoms with Crippen LogP contribution in [0.1, 0.15) is 5.56 Å². The van der Waals surface area contributed by atoms with Crippen LogP contribution in [-0.2, 0) is 11.3 Å². The van der Waals surface area contributed by atoms with E-state index in [4.69, 9.17) is 11.6 Å². The zero-order chi connectivity index (χ0) is 13.7. The molecule has 1 heterocycles. The minimum Gasteiger partial charge on any atom is -0.339 e. The van der Waals surface area contributed by atoms with Crippen molar-refractivity contribution in [3.63, 3.8) is 0 Å². The Kier molecular flexibility index (Phi) is 7.30. The molecule has 0 atom stereocenters. The van der Waals surface area contributed by atoms with E-state index >= 15 is 0 Å². The highest BCUT2D eigenvalue weighted by Gasteiger charge is 2.20. The molecule has 0 bridgehead atoms. The van der Waals surface area contributed by atoms with Gasteiger partial charge in [-0.25, -0.2) is 0 Å². The standard InChI is InChI=1S/C14H20ClN3O.ClH/c1-16-10-14(19)18-7-5-17(6-8-18)11-12-3-2-4-13(15)9-12;/h2-4,9,16H,5-8,10-11H2,1H3;1H. The van der Waals surface area contributed by atoms with E-state index in [1.54, 1.807) is 7.05 Å². The number of rotatable bonds is 4. The van der Waals surface area contributed by atoms with Gasteiger partial charge in [0.2, 0.25) is 5.91 Å². The molecule has 1 aliphatic rings. The smallest absolute Gasteiger partial charge is 0.236 e. The van der Waals surface area contributed by atoms with Crippen LogP contribution >= 0.6 is 24.0 Å². The van der Waals surface area contributed by atoms with Crippen molar-refractivity contribution in [2.45, 2.75) is 6.54 Å². The number of carbonyl (C=O) groups is 1. The number of nitrogens with one attached hydrogen (secondary N) is 1. The lowest BCUT2D eigenvalue weighted by Gasteiger charge is -2.34. The van der Waals surface area contributed by atoms with Crippen molar-refractivity contribution in [1.82, 2.24) is 15.1 Å². The number of amides is 1. The highest BCUT2D eigenvalue weighted by atomic mass is 35.5. The maximum absolute atomic E-state index is 11.7. The first-order valence-electron chi connectivity index (χ1n) is 6.58. The minimum atomic E-state index is 0. The highest BCUT2D eigenvalue weighted by molar-refractivity contribution is 6.30. The Labute approximate surface area is 131 Å². The molecule has 0 unspecified atom stereocenters. The van der Waals surface area contributed by atoms with Crippen molar-refractivity contribution >= 4 is 29.9 Å². The number of carbonyl (C=O) groups excluding carboxylic acids is 1. The predicted molar refractivity (Wildman–Crippen MR) is 84.5 cm³/mol. The lowest BCUT2D eigenvalue weighted by atomic mass is 10.2. The summed E-state index contributed by atoms with van der Waals surface area (Å²) in [5.74, 6) is 0.185. The summed E-state index contributed by atoms with van der Waals surface area (Å²) in [4.78, 5) is 16.0. The fourth-order valence-corrected chi connectivity index (χ4v) is 2.52. The van der Waals surface area contributed by atoms with Gasteiger partial charge < -0.3 is 10.2 Å². The largest absolute Gasteiger partial charge is 0.339 e. The van der Waals surface area contributed by atoms with Crippen LogP contribution in [0, 0.1) is 0 Å². The molecule has 1 aromatic carbocycles. The first-order valence-corrected chi connectivity index (χ1v) is 6.96. The van der Waals surface area contributed by atoms with Gasteiger partial charge in [0.25, 0.3) is 0 Å². The quantitative estimate of drug-likeness (QED) is 0.916. The lowest BCUT2D eigenvalue weighted by Crippen LogP contribution is -2.50. The van der Waals surface area contributed by atoms with Gasteiger partial charge in [0.1, 0.15) is 0 Å². The Bertz CT molecular complexity index is 434. The maximum Gasteiger partial charge on any atom is 0.236 e. The number of hydrogen-bond acceptors (Lipinski definition) is 3. The van der Waals surface area contributed by atoms with Gasteiger partial charge in [0.15, 0.2) is 0 Å². The number of likely N-dealkylation sites (N-methyl/N-ethyl adjacent to an activating group) is 1. The lowest BCUT2D eigenvalue weighted by molar-refractivity contribution is -0.131. The molecule has 0 radical (unpaired) electrons. The summed E-state index contributed by atoms with van der Waals surface area (Å²) in [5.41, 5.74) is 1.22. The molecular weight excluding hydrogens is 297 g/mol. The van der Waals surface area contributed by atoms with Crippen molar-refractivity contribution in [3.05, 3.63) is 34.9 Å². The summed E-state index contributed by atoms with van der Waals surface area (Å²) in [6, 6.07) is 7.95.